The summed E-state index contributed by atoms with van der Waals surface area (Å²) in [5, 5.41) is 9.19. The van der Waals surface area contributed by atoms with E-state index in [0.717, 1.165) is 0 Å². The van der Waals surface area contributed by atoms with E-state index in [0.29, 0.717) is 20.5 Å². The monoisotopic (exact) mass is 236 g/mol. The number of rotatable bonds is 2. The summed E-state index contributed by atoms with van der Waals surface area (Å²) >= 11 is 15.5. The second-order valence-corrected chi connectivity index (χ2v) is 3.75. The Morgan fingerprint density at radius 2 is 2.08 bits per heavy atom. The second-order valence-electron chi connectivity index (χ2n) is 2.48. The lowest BCUT2D eigenvalue weighted by atomic mass is 10.1. The number of thiol groups is 1. The molecule has 1 N–H and O–H groups in total. The smallest absolute Gasteiger partial charge is 0.307 e. The molecular weight excluding hydrogens is 231 g/mol. The molecule has 0 aromatic heterocycles. The minimum atomic E-state index is -0.911. The molecule has 0 bridgehead atoms. The number of benzene rings is 1. The fourth-order valence-electron chi connectivity index (χ4n) is 0.906. The molecule has 1 aromatic rings. The quantitative estimate of drug-likeness (QED) is 0.776. The van der Waals surface area contributed by atoms with Crippen LogP contribution >= 0.6 is 35.8 Å². The molecule has 0 heterocycles. The Morgan fingerprint density at radius 3 is 2.54 bits per heavy atom. The van der Waals surface area contributed by atoms with Gasteiger partial charge < -0.3 is 5.11 Å². The van der Waals surface area contributed by atoms with Gasteiger partial charge in [0.2, 0.25) is 0 Å². The Hall–Kier alpha value is -0.380. The highest BCUT2D eigenvalue weighted by Gasteiger charge is 2.07. The maximum atomic E-state index is 10.4. The summed E-state index contributed by atoms with van der Waals surface area (Å²) in [5.41, 5.74) is 0.590. The second kappa shape index (κ2) is 4.22. The highest BCUT2D eigenvalue weighted by Crippen LogP contribution is 2.30. The summed E-state index contributed by atoms with van der Waals surface area (Å²) in [4.78, 5) is 10.9. The maximum absolute atomic E-state index is 10.4. The number of hydrogen-bond acceptors (Lipinski definition) is 2. The Bertz CT molecular complexity index is 329. The summed E-state index contributed by atoms with van der Waals surface area (Å²) < 4.78 is 0. The first-order valence-corrected chi connectivity index (χ1v) is 4.59. The summed E-state index contributed by atoms with van der Waals surface area (Å²) in [7, 11) is 0. The maximum Gasteiger partial charge on any atom is 0.307 e. The van der Waals surface area contributed by atoms with Gasteiger partial charge in [-0.3, -0.25) is 4.79 Å². The lowest BCUT2D eigenvalue weighted by Gasteiger charge is -2.03. The van der Waals surface area contributed by atoms with Crippen LogP contribution in [0.3, 0.4) is 0 Å². The van der Waals surface area contributed by atoms with E-state index in [2.05, 4.69) is 12.6 Å². The first-order valence-electron chi connectivity index (χ1n) is 3.39. The molecule has 5 heteroatoms. The molecule has 70 valence electrons. The van der Waals surface area contributed by atoms with Gasteiger partial charge >= 0.3 is 5.97 Å². The van der Waals surface area contributed by atoms with Crippen molar-refractivity contribution in [1.29, 1.82) is 0 Å². The van der Waals surface area contributed by atoms with Crippen LogP contribution < -0.4 is 0 Å². The van der Waals surface area contributed by atoms with E-state index < -0.39 is 5.97 Å². The van der Waals surface area contributed by atoms with Gasteiger partial charge in [0.1, 0.15) is 0 Å². The van der Waals surface area contributed by atoms with Crippen LogP contribution in [0, 0.1) is 0 Å². The number of carboxylic acids is 1. The average molecular weight is 237 g/mol. The topological polar surface area (TPSA) is 37.3 Å². The van der Waals surface area contributed by atoms with Crippen LogP contribution in [0.15, 0.2) is 17.0 Å². The SMILES string of the molecule is O=C(O)Cc1cc(S)c(Cl)c(Cl)c1. The Balaban J connectivity index is 3.06. The van der Waals surface area contributed by atoms with Gasteiger partial charge in [-0.1, -0.05) is 23.2 Å². The van der Waals surface area contributed by atoms with Gasteiger partial charge in [-0.2, -0.15) is 0 Å². The molecule has 0 aliphatic carbocycles. The zero-order chi connectivity index (χ0) is 10.0. The fourth-order valence-corrected chi connectivity index (χ4v) is 1.61. The number of halogens is 2. The van der Waals surface area contributed by atoms with E-state index in [1.807, 2.05) is 0 Å². The van der Waals surface area contributed by atoms with Crippen molar-refractivity contribution in [3.05, 3.63) is 27.7 Å². The Labute approximate surface area is 90.9 Å². The highest BCUT2D eigenvalue weighted by atomic mass is 35.5. The number of aliphatic carboxylic acids is 1. The van der Waals surface area contributed by atoms with Crippen LogP contribution in [0.25, 0.3) is 0 Å². The van der Waals surface area contributed by atoms with Crippen LogP contribution in [-0.2, 0) is 11.2 Å². The summed E-state index contributed by atoms with van der Waals surface area (Å²) in [6.45, 7) is 0. The summed E-state index contributed by atoms with van der Waals surface area (Å²) in [5.74, 6) is -0.911. The predicted octanol–water partition coefficient (Wildman–Crippen LogP) is 2.91. The minimum absolute atomic E-state index is 0.0789. The lowest BCUT2D eigenvalue weighted by molar-refractivity contribution is -0.136. The summed E-state index contributed by atoms with van der Waals surface area (Å²) in [6, 6.07) is 3.11. The van der Waals surface area contributed by atoms with E-state index in [1.54, 1.807) is 6.07 Å². The molecule has 0 saturated carbocycles. The van der Waals surface area contributed by atoms with Crippen LogP contribution in [0.4, 0.5) is 0 Å². The first kappa shape index (κ1) is 10.7. The zero-order valence-electron chi connectivity index (χ0n) is 6.42. The third-order valence-electron chi connectivity index (χ3n) is 1.42. The molecular formula is C8H6Cl2O2S. The van der Waals surface area contributed by atoms with Gasteiger partial charge in [0.15, 0.2) is 0 Å². The molecule has 0 aliphatic heterocycles. The molecule has 2 nitrogen and oxygen atoms in total. The normalized spacial score (nSPS) is 10.1. The Morgan fingerprint density at radius 1 is 1.46 bits per heavy atom. The van der Waals surface area contributed by atoms with Crippen LogP contribution in [0.5, 0.6) is 0 Å². The predicted molar refractivity (Wildman–Crippen MR) is 55.1 cm³/mol. The molecule has 1 rings (SSSR count). The van der Waals surface area contributed by atoms with Crippen molar-refractivity contribution >= 4 is 41.8 Å². The molecule has 0 amide bonds. The third kappa shape index (κ3) is 2.79. The average Bonchev–Trinajstić information content (AvgIpc) is 1.98. The molecule has 0 atom stereocenters. The van der Waals surface area contributed by atoms with Crippen molar-refractivity contribution in [3.8, 4) is 0 Å². The third-order valence-corrected chi connectivity index (χ3v) is 2.71. The molecule has 1 aromatic carbocycles. The molecule has 0 spiro atoms. The molecule has 0 radical (unpaired) electrons. The van der Waals surface area contributed by atoms with E-state index in [9.17, 15) is 4.79 Å². The van der Waals surface area contributed by atoms with Gasteiger partial charge in [0.25, 0.3) is 0 Å². The van der Waals surface area contributed by atoms with Crippen LogP contribution in [-0.4, -0.2) is 11.1 Å². The van der Waals surface area contributed by atoms with Gasteiger partial charge in [0, 0.05) is 4.90 Å². The van der Waals surface area contributed by atoms with Gasteiger partial charge in [-0.15, -0.1) is 12.6 Å². The largest absolute Gasteiger partial charge is 0.481 e. The van der Waals surface area contributed by atoms with E-state index in [4.69, 9.17) is 28.3 Å². The minimum Gasteiger partial charge on any atom is -0.481 e. The molecule has 0 saturated heterocycles. The van der Waals surface area contributed by atoms with E-state index in [1.165, 1.54) is 6.07 Å². The number of carboxylic acid groups (broad SMARTS) is 1. The zero-order valence-corrected chi connectivity index (χ0v) is 8.83. The number of hydrogen-bond donors (Lipinski definition) is 2. The summed E-state index contributed by atoms with van der Waals surface area (Å²) in [6.07, 6.45) is -0.0789. The van der Waals surface area contributed by atoms with E-state index in [-0.39, 0.29) is 6.42 Å². The van der Waals surface area contributed by atoms with Crippen molar-refractivity contribution < 1.29 is 9.90 Å². The Kier molecular flexibility index (Phi) is 3.47. The molecule has 0 aliphatic rings. The fraction of sp³-hybridized carbons (Fsp3) is 0.125. The van der Waals surface area contributed by atoms with Crippen molar-refractivity contribution in [1.82, 2.24) is 0 Å². The lowest BCUT2D eigenvalue weighted by Crippen LogP contribution is -1.99. The van der Waals surface area contributed by atoms with Crippen LogP contribution in [0.2, 0.25) is 10.0 Å². The van der Waals surface area contributed by atoms with Crippen molar-refractivity contribution in [3.63, 3.8) is 0 Å². The van der Waals surface area contributed by atoms with E-state index >= 15 is 0 Å². The highest BCUT2D eigenvalue weighted by molar-refractivity contribution is 7.80. The van der Waals surface area contributed by atoms with Gasteiger partial charge in [-0.05, 0) is 17.7 Å². The van der Waals surface area contributed by atoms with Crippen LogP contribution in [0.1, 0.15) is 5.56 Å². The molecule has 0 fully saturated rings. The van der Waals surface area contributed by atoms with Crippen molar-refractivity contribution in [2.45, 2.75) is 11.3 Å². The van der Waals surface area contributed by atoms with Gasteiger partial charge in [0.05, 0.1) is 16.5 Å². The van der Waals surface area contributed by atoms with Crippen molar-refractivity contribution in [2.75, 3.05) is 0 Å². The molecule has 0 unspecified atom stereocenters. The number of carbonyl (C=O) groups is 1. The first-order chi connectivity index (χ1) is 6.00. The molecule has 13 heavy (non-hydrogen) atoms. The van der Waals surface area contributed by atoms with Gasteiger partial charge in [-0.25, -0.2) is 0 Å². The standard InChI is InChI=1S/C8H6Cl2O2S/c9-5-1-4(3-7(11)12)2-6(13)8(5)10/h1-2,13H,3H2,(H,11,12). The van der Waals surface area contributed by atoms with Crippen molar-refractivity contribution in [2.24, 2.45) is 0 Å².